The van der Waals surface area contributed by atoms with Crippen LogP contribution >= 0.6 is 11.8 Å². The molecular weight excluding hydrogens is 372 g/mol. The van der Waals surface area contributed by atoms with E-state index in [1.54, 1.807) is 16.4 Å². The van der Waals surface area contributed by atoms with Crippen molar-refractivity contribution in [1.29, 1.82) is 0 Å². The van der Waals surface area contributed by atoms with E-state index in [-0.39, 0.29) is 18.6 Å². The van der Waals surface area contributed by atoms with E-state index in [1.807, 2.05) is 24.3 Å². The molecule has 3 N–H and O–H groups in total. The number of nitrogens with two attached hydrogens (primary N) is 1. The number of hydrogen-bond donors (Lipinski definition) is 2. The molecular formula is C17H22N4O3S2. The second-order valence-corrected chi connectivity index (χ2v) is 9.86. The summed E-state index contributed by atoms with van der Waals surface area (Å²) >= 11 is 1.60. The molecule has 1 aromatic heterocycles. The van der Waals surface area contributed by atoms with Gasteiger partial charge in [-0.1, -0.05) is 18.2 Å². The number of benzene rings is 1. The van der Waals surface area contributed by atoms with E-state index < -0.39 is 10.0 Å². The topological polar surface area (TPSA) is 101 Å². The summed E-state index contributed by atoms with van der Waals surface area (Å²) in [7, 11) is -3.17. The van der Waals surface area contributed by atoms with Gasteiger partial charge in [-0.2, -0.15) is 0 Å². The smallest absolute Gasteiger partial charge is 0.211 e. The number of nitrogens with zero attached hydrogens (tertiary/aromatic N) is 3. The highest BCUT2D eigenvalue weighted by Crippen LogP contribution is 2.35. The molecule has 2 atom stereocenters. The molecule has 1 aromatic carbocycles. The first-order valence-corrected chi connectivity index (χ1v) is 11.4. The van der Waals surface area contributed by atoms with Crippen molar-refractivity contribution in [1.82, 2.24) is 8.98 Å². The first kappa shape index (κ1) is 17.8. The van der Waals surface area contributed by atoms with Crippen molar-refractivity contribution in [3.63, 3.8) is 0 Å². The second kappa shape index (κ2) is 6.56. The first-order valence-electron chi connectivity index (χ1n) is 8.55. The highest BCUT2D eigenvalue weighted by atomic mass is 32.2. The molecule has 26 heavy (non-hydrogen) atoms. The molecule has 0 spiro atoms. The molecule has 1 saturated heterocycles. The maximum absolute atomic E-state index is 11.8. The van der Waals surface area contributed by atoms with Gasteiger partial charge in [0.2, 0.25) is 10.0 Å². The van der Waals surface area contributed by atoms with Gasteiger partial charge in [0.1, 0.15) is 5.04 Å². The minimum Gasteiger partial charge on any atom is -0.394 e. The van der Waals surface area contributed by atoms with Crippen molar-refractivity contribution in [3.8, 4) is 0 Å². The Bertz CT molecular complexity index is 983. The Morgan fingerprint density at radius 3 is 2.88 bits per heavy atom. The summed E-state index contributed by atoms with van der Waals surface area (Å²) in [5.74, 6) is 7.31. The van der Waals surface area contributed by atoms with Crippen molar-refractivity contribution < 1.29 is 13.5 Å². The minimum absolute atomic E-state index is 0.0376. The zero-order chi connectivity index (χ0) is 18.5. The van der Waals surface area contributed by atoms with Crippen LogP contribution in [0.4, 0.5) is 0 Å². The molecule has 0 amide bonds. The van der Waals surface area contributed by atoms with Gasteiger partial charge in [-0.15, -0.1) is 11.8 Å². The number of sulfonamides is 1. The molecule has 140 valence electrons. The highest BCUT2D eigenvalue weighted by molar-refractivity contribution is 8.14. The lowest BCUT2D eigenvalue weighted by atomic mass is 9.96. The number of rotatable bonds is 4. The third-order valence-corrected chi connectivity index (χ3v) is 7.50. The van der Waals surface area contributed by atoms with Crippen LogP contribution in [0.2, 0.25) is 0 Å². The fraction of sp³-hybridized carbons (Fsp3) is 0.471. The van der Waals surface area contributed by atoms with Crippen LogP contribution in [0.15, 0.2) is 29.3 Å². The molecule has 2 aliphatic heterocycles. The number of aliphatic hydroxyl groups excluding tert-OH is 1. The Kier molecular flexibility index (Phi) is 4.50. The summed E-state index contributed by atoms with van der Waals surface area (Å²) < 4.78 is 26.9. The lowest BCUT2D eigenvalue weighted by Gasteiger charge is -2.15. The van der Waals surface area contributed by atoms with E-state index in [0.717, 1.165) is 39.4 Å². The lowest BCUT2D eigenvalue weighted by Crippen LogP contribution is -2.27. The maximum atomic E-state index is 11.8. The number of fused-ring (bicyclic) bond motifs is 1. The van der Waals surface area contributed by atoms with E-state index in [0.29, 0.717) is 13.1 Å². The number of nitrogen functional groups attached to an aromatic ring is 1. The minimum atomic E-state index is -3.17. The van der Waals surface area contributed by atoms with Crippen LogP contribution in [0.5, 0.6) is 0 Å². The largest absolute Gasteiger partial charge is 0.394 e. The van der Waals surface area contributed by atoms with Crippen molar-refractivity contribution in [2.45, 2.75) is 18.4 Å². The summed E-state index contributed by atoms with van der Waals surface area (Å²) in [4.78, 5) is 4.55. The van der Waals surface area contributed by atoms with Gasteiger partial charge in [0.25, 0.3) is 0 Å². The number of aliphatic hydroxyl groups is 1. The third-order valence-electron chi connectivity index (χ3n) is 5.09. The molecule has 2 aromatic rings. The Labute approximate surface area is 156 Å². The second-order valence-electron chi connectivity index (χ2n) is 6.87. The molecule has 3 heterocycles. The molecule has 2 unspecified atom stereocenters. The zero-order valence-corrected chi connectivity index (χ0v) is 16.1. The maximum Gasteiger partial charge on any atom is 0.211 e. The molecule has 0 aliphatic carbocycles. The summed E-state index contributed by atoms with van der Waals surface area (Å²) in [6.07, 6.45) is 2.04. The van der Waals surface area contributed by atoms with Gasteiger partial charge < -0.3 is 10.9 Å². The summed E-state index contributed by atoms with van der Waals surface area (Å²) in [6, 6.07) is 7.98. The molecule has 9 heteroatoms. The van der Waals surface area contributed by atoms with Gasteiger partial charge in [-0.25, -0.2) is 12.7 Å². The summed E-state index contributed by atoms with van der Waals surface area (Å²) in [5.41, 5.74) is 2.84. The standard InChI is InChI=1S/C17H22N4O3S2/c1-26(23,24)20-6-5-12(8-20)14-4-2-3-11-7-15(21(18)16(11)14)17-19-13(9-22)10-25-17/h2-4,7,12-13,22H,5-6,8-10,18H2,1H3. The van der Waals surface area contributed by atoms with Crippen LogP contribution in [0.25, 0.3) is 10.9 Å². The number of hydrogen-bond acceptors (Lipinski definition) is 6. The molecule has 1 fully saturated rings. The van der Waals surface area contributed by atoms with Crippen LogP contribution < -0.4 is 5.84 Å². The van der Waals surface area contributed by atoms with Crippen LogP contribution in [0.1, 0.15) is 23.6 Å². The van der Waals surface area contributed by atoms with E-state index in [1.165, 1.54) is 10.6 Å². The van der Waals surface area contributed by atoms with Crippen molar-refractivity contribution in [3.05, 3.63) is 35.5 Å². The molecule has 4 rings (SSSR count). The average Bonchev–Trinajstić information content (AvgIpc) is 3.32. The van der Waals surface area contributed by atoms with Crippen LogP contribution in [-0.2, 0) is 10.0 Å². The Morgan fingerprint density at radius 1 is 1.42 bits per heavy atom. The first-order chi connectivity index (χ1) is 12.4. The van der Waals surface area contributed by atoms with Gasteiger partial charge in [0.05, 0.1) is 30.1 Å². The van der Waals surface area contributed by atoms with E-state index in [2.05, 4.69) is 4.99 Å². The molecule has 7 nitrogen and oxygen atoms in total. The van der Waals surface area contributed by atoms with Gasteiger partial charge >= 0.3 is 0 Å². The number of thioether (sulfide) groups is 1. The third kappa shape index (κ3) is 3.02. The fourth-order valence-electron chi connectivity index (χ4n) is 3.74. The lowest BCUT2D eigenvalue weighted by molar-refractivity contribution is 0.277. The van der Waals surface area contributed by atoms with Crippen LogP contribution in [0.3, 0.4) is 0 Å². The van der Waals surface area contributed by atoms with Gasteiger partial charge in [0, 0.05) is 30.1 Å². The van der Waals surface area contributed by atoms with Crippen LogP contribution in [0, 0.1) is 0 Å². The van der Waals surface area contributed by atoms with Gasteiger partial charge in [-0.05, 0) is 18.1 Å². The quantitative estimate of drug-likeness (QED) is 0.752. The number of para-hydroxylation sites is 1. The number of aromatic nitrogens is 1. The molecule has 0 saturated carbocycles. The predicted molar refractivity (Wildman–Crippen MR) is 106 cm³/mol. The Hall–Kier alpha value is -1.55. The molecule has 0 radical (unpaired) electrons. The van der Waals surface area contributed by atoms with Crippen molar-refractivity contribution in [2.75, 3.05) is 37.5 Å². The SMILES string of the molecule is CS(=O)(=O)N1CCC(c2cccc3cc(C4=NC(CO)CS4)n(N)c23)C1. The molecule has 2 aliphatic rings. The summed E-state index contributed by atoms with van der Waals surface area (Å²) in [5, 5.41) is 11.2. The van der Waals surface area contributed by atoms with Crippen LogP contribution in [-0.4, -0.2) is 65.3 Å². The Morgan fingerprint density at radius 2 is 2.23 bits per heavy atom. The van der Waals surface area contributed by atoms with Crippen molar-refractivity contribution >= 4 is 37.7 Å². The highest BCUT2D eigenvalue weighted by Gasteiger charge is 2.31. The molecule has 0 bridgehead atoms. The normalized spacial score (nSPS) is 24.5. The Balaban J connectivity index is 1.74. The predicted octanol–water partition coefficient (Wildman–Crippen LogP) is 0.958. The number of aliphatic imine (C=N–C) groups is 1. The van der Waals surface area contributed by atoms with Gasteiger partial charge in [-0.3, -0.25) is 9.67 Å². The van der Waals surface area contributed by atoms with E-state index >= 15 is 0 Å². The van der Waals surface area contributed by atoms with Gasteiger partial charge in [0.15, 0.2) is 0 Å². The van der Waals surface area contributed by atoms with E-state index in [4.69, 9.17) is 5.84 Å². The monoisotopic (exact) mass is 394 g/mol. The van der Waals surface area contributed by atoms with Crippen molar-refractivity contribution in [2.24, 2.45) is 4.99 Å². The summed E-state index contributed by atoms with van der Waals surface area (Å²) in [6.45, 7) is 1.06. The average molecular weight is 395 g/mol. The fourth-order valence-corrected chi connectivity index (χ4v) is 5.69. The zero-order valence-electron chi connectivity index (χ0n) is 14.5. The van der Waals surface area contributed by atoms with E-state index in [9.17, 15) is 13.5 Å².